The standard InChI is InChI=1S/C16H32N4/c1-18-8-4-6-16(14-17,7-12-18)20-11-5-15(13-20)19-9-2-3-10-19/h15H,2-14,17H2,1H3. The van der Waals surface area contributed by atoms with E-state index < -0.39 is 0 Å². The molecule has 0 aromatic rings. The van der Waals surface area contributed by atoms with Crippen LogP contribution >= 0.6 is 0 Å². The first-order valence-corrected chi connectivity index (χ1v) is 8.61. The summed E-state index contributed by atoms with van der Waals surface area (Å²) in [5, 5.41) is 0. The van der Waals surface area contributed by atoms with Crippen LogP contribution in [-0.2, 0) is 0 Å². The minimum absolute atomic E-state index is 0.291. The Morgan fingerprint density at radius 1 is 1.00 bits per heavy atom. The van der Waals surface area contributed by atoms with Gasteiger partial charge in [-0.2, -0.15) is 0 Å². The van der Waals surface area contributed by atoms with Crippen LogP contribution in [0.15, 0.2) is 0 Å². The fraction of sp³-hybridized carbons (Fsp3) is 1.00. The maximum Gasteiger partial charge on any atom is 0.0345 e. The number of hydrogen-bond donors (Lipinski definition) is 1. The SMILES string of the molecule is CN1CCCC(CN)(N2CCC(N3CCCC3)C2)CC1. The molecule has 20 heavy (non-hydrogen) atoms. The van der Waals surface area contributed by atoms with E-state index in [-0.39, 0.29) is 0 Å². The second-order valence-corrected chi connectivity index (χ2v) is 7.22. The van der Waals surface area contributed by atoms with Gasteiger partial charge in [-0.15, -0.1) is 0 Å². The smallest absolute Gasteiger partial charge is 0.0345 e. The van der Waals surface area contributed by atoms with Crippen molar-refractivity contribution in [2.24, 2.45) is 5.73 Å². The van der Waals surface area contributed by atoms with Crippen molar-refractivity contribution in [1.82, 2.24) is 14.7 Å². The Morgan fingerprint density at radius 2 is 1.80 bits per heavy atom. The van der Waals surface area contributed by atoms with Gasteiger partial charge < -0.3 is 10.6 Å². The van der Waals surface area contributed by atoms with Crippen molar-refractivity contribution < 1.29 is 0 Å². The molecule has 0 spiro atoms. The monoisotopic (exact) mass is 280 g/mol. The van der Waals surface area contributed by atoms with Crippen LogP contribution in [0, 0.1) is 0 Å². The quantitative estimate of drug-likeness (QED) is 0.836. The van der Waals surface area contributed by atoms with E-state index in [4.69, 9.17) is 5.73 Å². The van der Waals surface area contributed by atoms with Gasteiger partial charge in [-0.1, -0.05) is 0 Å². The third kappa shape index (κ3) is 2.89. The molecule has 2 N–H and O–H groups in total. The topological polar surface area (TPSA) is 35.7 Å². The molecule has 0 aromatic carbocycles. The summed E-state index contributed by atoms with van der Waals surface area (Å²) in [5.41, 5.74) is 6.55. The van der Waals surface area contributed by atoms with Gasteiger partial charge in [-0.05, 0) is 71.8 Å². The Labute approximate surface area is 124 Å². The van der Waals surface area contributed by atoms with Crippen molar-refractivity contribution in [2.75, 3.05) is 52.9 Å². The maximum absolute atomic E-state index is 6.26. The summed E-state index contributed by atoms with van der Waals surface area (Å²) in [7, 11) is 2.25. The highest BCUT2D eigenvalue weighted by Crippen LogP contribution is 2.33. The van der Waals surface area contributed by atoms with Crippen LogP contribution in [-0.4, -0.2) is 79.1 Å². The summed E-state index contributed by atoms with van der Waals surface area (Å²) in [4.78, 5) is 7.97. The average molecular weight is 280 g/mol. The lowest BCUT2D eigenvalue weighted by atomic mass is 9.88. The van der Waals surface area contributed by atoms with Crippen LogP contribution in [0.4, 0.5) is 0 Å². The van der Waals surface area contributed by atoms with Gasteiger partial charge in [0, 0.05) is 31.2 Å². The Morgan fingerprint density at radius 3 is 2.55 bits per heavy atom. The Balaban J connectivity index is 1.64. The van der Waals surface area contributed by atoms with Crippen LogP contribution in [0.25, 0.3) is 0 Å². The molecule has 3 rings (SSSR count). The molecule has 2 unspecified atom stereocenters. The molecule has 0 aliphatic carbocycles. The largest absolute Gasteiger partial charge is 0.329 e. The Bertz CT molecular complexity index is 316. The normalized spacial score (nSPS) is 38.4. The molecule has 2 atom stereocenters. The predicted molar refractivity (Wildman–Crippen MR) is 83.9 cm³/mol. The number of rotatable bonds is 3. The lowest BCUT2D eigenvalue weighted by Gasteiger charge is -2.41. The predicted octanol–water partition coefficient (Wildman–Crippen LogP) is 0.970. The van der Waals surface area contributed by atoms with Gasteiger partial charge >= 0.3 is 0 Å². The zero-order chi connectivity index (χ0) is 14.0. The van der Waals surface area contributed by atoms with Crippen LogP contribution in [0.3, 0.4) is 0 Å². The molecule has 3 saturated heterocycles. The molecule has 3 heterocycles. The molecule has 0 aromatic heterocycles. The van der Waals surface area contributed by atoms with Crippen molar-refractivity contribution in [1.29, 1.82) is 0 Å². The number of hydrogen-bond acceptors (Lipinski definition) is 4. The number of likely N-dealkylation sites (tertiary alicyclic amines) is 3. The third-order valence-electron chi connectivity index (χ3n) is 6.01. The van der Waals surface area contributed by atoms with Crippen molar-refractivity contribution >= 4 is 0 Å². The summed E-state index contributed by atoms with van der Waals surface area (Å²) in [6.45, 7) is 8.48. The van der Waals surface area contributed by atoms with E-state index >= 15 is 0 Å². The molecule has 4 nitrogen and oxygen atoms in total. The molecule has 0 bridgehead atoms. The van der Waals surface area contributed by atoms with Gasteiger partial charge in [-0.3, -0.25) is 9.80 Å². The summed E-state index contributed by atoms with van der Waals surface area (Å²) >= 11 is 0. The molecule has 4 heteroatoms. The molecule has 116 valence electrons. The van der Waals surface area contributed by atoms with E-state index in [9.17, 15) is 0 Å². The second-order valence-electron chi connectivity index (χ2n) is 7.22. The second kappa shape index (κ2) is 6.30. The van der Waals surface area contributed by atoms with Crippen molar-refractivity contribution in [3.63, 3.8) is 0 Å². The molecule has 0 amide bonds. The lowest BCUT2D eigenvalue weighted by molar-refractivity contribution is 0.0950. The number of nitrogens with zero attached hydrogens (tertiary/aromatic N) is 3. The summed E-state index contributed by atoms with van der Waals surface area (Å²) < 4.78 is 0. The highest BCUT2D eigenvalue weighted by molar-refractivity contribution is 4.99. The summed E-state index contributed by atoms with van der Waals surface area (Å²) in [6.07, 6.45) is 8.02. The van der Waals surface area contributed by atoms with Gasteiger partial charge in [0.25, 0.3) is 0 Å². The number of nitrogens with two attached hydrogens (primary N) is 1. The fourth-order valence-electron chi connectivity index (χ4n) is 4.54. The van der Waals surface area contributed by atoms with E-state index in [1.165, 1.54) is 77.8 Å². The van der Waals surface area contributed by atoms with E-state index in [0.717, 1.165) is 12.6 Å². The molecule has 0 radical (unpaired) electrons. The molecule has 3 fully saturated rings. The van der Waals surface area contributed by atoms with Gasteiger partial charge in [0.05, 0.1) is 0 Å². The van der Waals surface area contributed by atoms with Crippen LogP contribution < -0.4 is 5.73 Å². The molecular weight excluding hydrogens is 248 g/mol. The fourth-order valence-corrected chi connectivity index (χ4v) is 4.54. The lowest BCUT2D eigenvalue weighted by Crippen LogP contribution is -2.54. The van der Waals surface area contributed by atoms with Crippen molar-refractivity contribution in [3.8, 4) is 0 Å². The highest BCUT2D eigenvalue weighted by atomic mass is 15.3. The van der Waals surface area contributed by atoms with E-state index in [1.54, 1.807) is 0 Å². The van der Waals surface area contributed by atoms with Gasteiger partial charge in [0.15, 0.2) is 0 Å². The van der Waals surface area contributed by atoms with Crippen LogP contribution in [0.1, 0.15) is 38.5 Å². The summed E-state index contributed by atoms with van der Waals surface area (Å²) in [5.74, 6) is 0. The van der Waals surface area contributed by atoms with Gasteiger partial charge in [0.1, 0.15) is 0 Å². The molecular formula is C16H32N4. The van der Waals surface area contributed by atoms with Crippen LogP contribution in [0.2, 0.25) is 0 Å². The molecule has 0 saturated carbocycles. The third-order valence-corrected chi connectivity index (χ3v) is 6.01. The molecule has 3 aliphatic rings. The van der Waals surface area contributed by atoms with Gasteiger partial charge in [0.2, 0.25) is 0 Å². The van der Waals surface area contributed by atoms with Gasteiger partial charge in [-0.25, -0.2) is 0 Å². The zero-order valence-corrected chi connectivity index (χ0v) is 13.2. The van der Waals surface area contributed by atoms with Crippen molar-refractivity contribution in [3.05, 3.63) is 0 Å². The van der Waals surface area contributed by atoms with E-state index in [0.29, 0.717) is 5.54 Å². The average Bonchev–Trinajstić information content (AvgIpc) is 3.10. The first-order chi connectivity index (χ1) is 9.73. The van der Waals surface area contributed by atoms with Crippen LogP contribution in [0.5, 0.6) is 0 Å². The first-order valence-electron chi connectivity index (χ1n) is 8.61. The minimum Gasteiger partial charge on any atom is -0.329 e. The maximum atomic E-state index is 6.26. The Hall–Kier alpha value is -0.160. The first kappa shape index (κ1) is 14.8. The van der Waals surface area contributed by atoms with E-state index in [1.807, 2.05) is 0 Å². The zero-order valence-electron chi connectivity index (χ0n) is 13.2. The van der Waals surface area contributed by atoms with Crippen molar-refractivity contribution in [2.45, 2.75) is 50.1 Å². The highest BCUT2D eigenvalue weighted by Gasteiger charge is 2.41. The Kier molecular flexibility index (Phi) is 4.65. The minimum atomic E-state index is 0.291. The summed E-state index contributed by atoms with van der Waals surface area (Å²) in [6, 6.07) is 0.807. The van der Waals surface area contributed by atoms with E-state index in [2.05, 4.69) is 21.7 Å². The molecule has 3 aliphatic heterocycles.